The van der Waals surface area contributed by atoms with Crippen molar-refractivity contribution >= 4 is 34.4 Å². The Labute approximate surface area is 238 Å². The summed E-state index contributed by atoms with van der Waals surface area (Å²) in [5.41, 5.74) is 11.5. The lowest BCUT2D eigenvalue weighted by Crippen LogP contribution is -2.56. The number of rotatable bonds is 9. The molecule has 2 heterocycles. The number of aryl methyl sites for hydroxylation is 1. The summed E-state index contributed by atoms with van der Waals surface area (Å²) in [6, 6.07) is 13.0. The summed E-state index contributed by atoms with van der Waals surface area (Å²) in [5, 5.41) is 6.69. The van der Waals surface area contributed by atoms with E-state index in [1.807, 2.05) is 48.0 Å². The lowest BCUT2D eigenvalue weighted by Gasteiger charge is -2.42. The van der Waals surface area contributed by atoms with Gasteiger partial charge in [-0.05, 0) is 61.6 Å². The van der Waals surface area contributed by atoms with Crippen LogP contribution in [-0.2, 0) is 16.6 Å². The number of benzene rings is 2. The van der Waals surface area contributed by atoms with Crippen molar-refractivity contribution in [3.63, 3.8) is 0 Å². The fraction of sp³-hybridized carbons (Fsp3) is 0.290. The molecule has 0 atom stereocenters. The fourth-order valence-corrected chi connectivity index (χ4v) is 5.37. The van der Waals surface area contributed by atoms with E-state index in [9.17, 15) is 9.59 Å². The third-order valence-corrected chi connectivity index (χ3v) is 7.65. The van der Waals surface area contributed by atoms with E-state index in [2.05, 4.69) is 27.2 Å². The summed E-state index contributed by atoms with van der Waals surface area (Å²) in [4.78, 5) is 34.2. The molecule has 0 aliphatic heterocycles. The van der Waals surface area contributed by atoms with E-state index >= 15 is 0 Å². The van der Waals surface area contributed by atoms with Crippen molar-refractivity contribution in [1.82, 2.24) is 19.9 Å². The Morgan fingerprint density at radius 1 is 1.10 bits per heavy atom. The monoisotopic (exact) mass is 554 g/mol. The van der Waals surface area contributed by atoms with E-state index in [0.29, 0.717) is 46.0 Å². The zero-order chi connectivity index (χ0) is 29.3. The van der Waals surface area contributed by atoms with Crippen molar-refractivity contribution in [2.45, 2.75) is 31.7 Å². The van der Waals surface area contributed by atoms with Crippen molar-refractivity contribution in [3.05, 3.63) is 66.5 Å². The molecular weight excluding hydrogens is 520 g/mol. The standard InChI is InChI=1S/C31H34N6O4/c1-18(2)29(38)35-21-10-7-19(8-11-21)26-24(25-27(32)33-17-34-28(25)37(26)3)20-9-12-22(23(15-20)41-5)30(39)36-31(16-40-4)13-6-14-31/h7-12,15,17H,1,6,13-14,16H2,2-5H3,(H,35,38)(H,36,39)(H2,32,33,34). The fourth-order valence-electron chi connectivity index (χ4n) is 5.37. The molecule has 0 unspecified atom stereocenters. The second-order valence-electron chi connectivity index (χ2n) is 10.5. The van der Waals surface area contributed by atoms with Crippen LogP contribution in [-0.4, -0.2) is 52.7 Å². The topological polar surface area (TPSA) is 133 Å². The first-order valence-corrected chi connectivity index (χ1v) is 13.3. The Kier molecular flexibility index (Phi) is 7.51. The first-order valence-electron chi connectivity index (χ1n) is 13.3. The number of nitrogens with one attached hydrogen (secondary N) is 2. The minimum atomic E-state index is -0.347. The predicted molar refractivity (Wildman–Crippen MR) is 160 cm³/mol. The molecule has 1 fully saturated rings. The van der Waals surface area contributed by atoms with Crippen LogP contribution < -0.4 is 21.1 Å². The molecule has 0 spiro atoms. The second-order valence-corrected chi connectivity index (χ2v) is 10.5. The molecule has 4 aromatic rings. The van der Waals surface area contributed by atoms with Crippen LogP contribution in [0.2, 0.25) is 0 Å². The summed E-state index contributed by atoms with van der Waals surface area (Å²) >= 11 is 0. The number of carbonyl (C=O) groups excluding carboxylic acids is 2. The quantitative estimate of drug-likeness (QED) is 0.255. The zero-order valence-electron chi connectivity index (χ0n) is 23.7. The van der Waals surface area contributed by atoms with Gasteiger partial charge in [0.25, 0.3) is 11.8 Å². The minimum Gasteiger partial charge on any atom is -0.496 e. The predicted octanol–water partition coefficient (Wildman–Crippen LogP) is 4.71. The Bertz CT molecular complexity index is 1650. The molecule has 0 radical (unpaired) electrons. The van der Waals surface area contributed by atoms with E-state index in [1.165, 1.54) is 6.33 Å². The molecule has 10 heteroatoms. The summed E-state index contributed by atoms with van der Waals surface area (Å²) in [6.45, 7) is 5.81. The SMILES string of the molecule is C=C(C)C(=O)Nc1ccc(-c2c(-c3ccc(C(=O)NC4(COC)CCC4)c(OC)c3)c3c(N)ncnc3n2C)cc1. The largest absolute Gasteiger partial charge is 0.496 e. The van der Waals surface area contributed by atoms with Crippen LogP contribution in [0.4, 0.5) is 11.5 Å². The van der Waals surface area contributed by atoms with Crippen molar-refractivity contribution in [1.29, 1.82) is 0 Å². The number of hydrogen-bond acceptors (Lipinski definition) is 7. The zero-order valence-corrected chi connectivity index (χ0v) is 23.7. The molecule has 4 N–H and O–H groups in total. The number of nitrogens with zero attached hydrogens (tertiary/aromatic N) is 3. The number of fused-ring (bicyclic) bond motifs is 1. The number of hydrogen-bond donors (Lipinski definition) is 3. The van der Waals surface area contributed by atoms with E-state index in [0.717, 1.165) is 41.6 Å². The molecule has 1 aliphatic rings. The Morgan fingerprint density at radius 3 is 2.41 bits per heavy atom. The molecule has 5 rings (SSSR count). The lowest BCUT2D eigenvalue weighted by molar-refractivity contribution is -0.112. The van der Waals surface area contributed by atoms with Crippen LogP contribution in [0, 0.1) is 0 Å². The van der Waals surface area contributed by atoms with Gasteiger partial charge in [0.15, 0.2) is 0 Å². The number of nitrogens with two attached hydrogens (primary N) is 1. The molecule has 10 nitrogen and oxygen atoms in total. The van der Waals surface area contributed by atoms with E-state index in [4.69, 9.17) is 15.2 Å². The third-order valence-electron chi connectivity index (χ3n) is 7.65. The average Bonchev–Trinajstić information content (AvgIpc) is 3.25. The maximum atomic E-state index is 13.3. The highest BCUT2D eigenvalue weighted by atomic mass is 16.5. The van der Waals surface area contributed by atoms with Gasteiger partial charge in [0.1, 0.15) is 23.5 Å². The van der Waals surface area contributed by atoms with Gasteiger partial charge in [0.05, 0.1) is 35.9 Å². The van der Waals surface area contributed by atoms with Crippen LogP contribution in [0.5, 0.6) is 5.75 Å². The second kappa shape index (κ2) is 11.1. The Hall–Kier alpha value is -4.70. The maximum Gasteiger partial charge on any atom is 0.255 e. The van der Waals surface area contributed by atoms with Crippen molar-refractivity contribution in [2.24, 2.45) is 7.05 Å². The van der Waals surface area contributed by atoms with Gasteiger partial charge in [-0.1, -0.05) is 24.8 Å². The van der Waals surface area contributed by atoms with Crippen LogP contribution >= 0.6 is 0 Å². The number of aromatic nitrogens is 3. The summed E-state index contributed by atoms with van der Waals surface area (Å²) in [5.74, 6) is 0.318. The molecule has 2 aromatic carbocycles. The van der Waals surface area contributed by atoms with Crippen molar-refractivity contribution in [3.8, 4) is 28.1 Å². The number of anilines is 2. The number of nitrogen functional groups attached to an aromatic ring is 1. The molecule has 1 aliphatic carbocycles. The van der Waals surface area contributed by atoms with E-state index in [1.54, 1.807) is 27.2 Å². The van der Waals surface area contributed by atoms with Crippen LogP contribution in [0.25, 0.3) is 33.4 Å². The van der Waals surface area contributed by atoms with Gasteiger partial charge in [-0.15, -0.1) is 0 Å². The van der Waals surface area contributed by atoms with E-state index in [-0.39, 0.29) is 17.4 Å². The molecule has 0 saturated heterocycles. The molecule has 0 bridgehead atoms. The highest BCUT2D eigenvalue weighted by Crippen LogP contribution is 2.43. The molecule has 2 amide bonds. The average molecular weight is 555 g/mol. The Morgan fingerprint density at radius 2 is 1.80 bits per heavy atom. The van der Waals surface area contributed by atoms with Gasteiger partial charge in [0, 0.05) is 31.0 Å². The lowest BCUT2D eigenvalue weighted by atomic mass is 9.77. The Balaban J connectivity index is 1.59. The van der Waals surface area contributed by atoms with Crippen LogP contribution in [0.1, 0.15) is 36.5 Å². The molecule has 41 heavy (non-hydrogen) atoms. The maximum absolute atomic E-state index is 13.3. The van der Waals surface area contributed by atoms with Crippen molar-refractivity contribution < 1.29 is 19.1 Å². The van der Waals surface area contributed by atoms with Gasteiger partial charge in [-0.25, -0.2) is 9.97 Å². The first-order chi connectivity index (χ1) is 19.7. The third kappa shape index (κ3) is 5.14. The smallest absolute Gasteiger partial charge is 0.255 e. The number of carbonyl (C=O) groups is 2. The molecular formula is C31H34N6O4. The first kappa shape index (κ1) is 27.9. The summed E-state index contributed by atoms with van der Waals surface area (Å²) < 4.78 is 13.0. The van der Waals surface area contributed by atoms with Crippen molar-refractivity contribution in [2.75, 3.05) is 31.9 Å². The molecule has 1 saturated carbocycles. The molecule has 2 aromatic heterocycles. The van der Waals surface area contributed by atoms with Crippen LogP contribution in [0.3, 0.4) is 0 Å². The number of ether oxygens (including phenoxy) is 2. The van der Waals surface area contributed by atoms with Gasteiger partial charge < -0.3 is 30.4 Å². The van der Waals surface area contributed by atoms with Gasteiger partial charge in [-0.3, -0.25) is 9.59 Å². The van der Waals surface area contributed by atoms with Gasteiger partial charge >= 0.3 is 0 Å². The normalized spacial score (nSPS) is 13.9. The number of amides is 2. The molecule has 212 valence electrons. The number of methoxy groups -OCH3 is 2. The van der Waals surface area contributed by atoms with Crippen LogP contribution in [0.15, 0.2) is 60.9 Å². The van der Waals surface area contributed by atoms with E-state index < -0.39 is 0 Å². The summed E-state index contributed by atoms with van der Waals surface area (Å²) in [7, 11) is 5.10. The van der Waals surface area contributed by atoms with Gasteiger partial charge in [-0.2, -0.15) is 0 Å². The minimum absolute atomic E-state index is 0.210. The summed E-state index contributed by atoms with van der Waals surface area (Å²) in [6.07, 6.45) is 4.24. The highest BCUT2D eigenvalue weighted by Gasteiger charge is 2.39. The van der Waals surface area contributed by atoms with Gasteiger partial charge in [0.2, 0.25) is 0 Å². The highest BCUT2D eigenvalue weighted by molar-refractivity contribution is 6.09.